The van der Waals surface area contributed by atoms with E-state index in [4.69, 9.17) is 9.47 Å². The summed E-state index contributed by atoms with van der Waals surface area (Å²) in [6.07, 6.45) is 0. The highest BCUT2D eigenvalue weighted by Gasteiger charge is 2.13. The first kappa shape index (κ1) is 19.3. The van der Waals surface area contributed by atoms with Gasteiger partial charge in [0.15, 0.2) is 11.5 Å². The minimum Gasteiger partial charge on any atom is -0.490 e. The molecule has 138 valence electrons. The number of amides is 2. The average molecular weight is 356 g/mol. The molecule has 0 unspecified atom stereocenters. The molecule has 0 saturated heterocycles. The molecule has 6 heteroatoms. The number of carbonyl (C=O) groups excluding carboxylic acids is 2. The van der Waals surface area contributed by atoms with Crippen LogP contribution in [0.4, 0.5) is 5.69 Å². The maximum Gasteiger partial charge on any atom is 0.255 e. The molecule has 6 nitrogen and oxygen atoms in total. The Morgan fingerprint density at radius 3 is 2.04 bits per heavy atom. The second kappa shape index (κ2) is 8.89. The van der Waals surface area contributed by atoms with E-state index < -0.39 is 0 Å². The number of carbonyl (C=O) groups is 2. The SMILES string of the molecule is CCOc1ccc(C(=O)Nc2ccc(C(=O)N(C)C)cc2)cc1OCC. The Labute approximate surface area is 153 Å². The van der Waals surface area contributed by atoms with Crippen LogP contribution < -0.4 is 14.8 Å². The summed E-state index contributed by atoms with van der Waals surface area (Å²) in [5.74, 6) is 0.794. The highest BCUT2D eigenvalue weighted by Crippen LogP contribution is 2.29. The zero-order valence-corrected chi connectivity index (χ0v) is 15.5. The van der Waals surface area contributed by atoms with Gasteiger partial charge in [0.25, 0.3) is 11.8 Å². The van der Waals surface area contributed by atoms with Crippen LogP contribution in [0.1, 0.15) is 34.6 Å². The molecule has 0 fully saturated rings. The minimum absolute atomic E-state index is 0.0873. The highest BCUT2D eigenvalue weighted by molar-refractivity contribution is 6.05. The van der Waals surface area contributed by atoms with Crippen molar-refractivity contribution in [3.63, 3.8) is 0 Å². The predicted octanol–water partition coefficient (Wildman–Crippen LogP) is 3.44. The summed E-state index contributed by atoms with van der Waals surface area (Å²) in [7, 11) is 3.39. The number of nitrogens with zero attached hydrogens (tertiary/aromatic N) is 1. The number of hydrogen-bond acceptors (Lipinski definition) is 4. The van der Waals surface area contributed by atoms with Crippen molar-refractivity contribution >= 4 is 17.5 Å². The van der Waals surface area contributed by atoms with E-state index in [-0.39, 0.29) is 11.8 Å². The maximum absolute atomic E-state index is 12.5. The highest BCUT2D eigenvalue weighted by atomic mass is 16.5. The van der Waals surface area contributed by atoms with Crippen LogP contribution in [0, 0.1) is 0 Å². The second-order valence-corrected chi connectivity index (χ2v) is 5.76. The van der Waals surface area contributed by atoms with Gasteiger partial charge in [-0.15, -0.1) is 0 Å². The third kappa shape index (κ3) is 4.75. The summed E-state index contributed by atoms with van der Waals surface area (Å²) in [5.41, 5.74) is 1.63. The van der Waals surface area contributed by atoms with Crippen molar-refractivity contribution in [2.75, 3.05) is 32.6 Å². The number of ether oxygens (including phenoxy) is 2. The fraction of sp³-hybridized carbons (Fsp3) is 0.300. The summed E-state index contributed by atoms with van der Waals surface area (Å²) in [6.45, 7) is 4.76. The summed E-state index contributed by atoms with van der Waals surface area (Å²) < 4.78 is 11.1. The van der Waals surface area contributed by atoms with Crippen LogP contribution >= 0.6 is 0 Å². The molecule has 0 heterocycles. The molecule has 0 aromatic heterocycles. The van der Waals surface area contributed by atoms with Crippen molar-refractivity contribution in [2.45, 2.75) is 13.8 Å². The average Bonchev–Trinajstić information content (AvgIpc) is 2.63. The Hall–Kier alpha value is -3.02. The van der Waals surface area contributed by atoms with Crippen molar-refractivity contribution in [3.05, 3.63) is 53.6 Å². The van der Waals surface area contributed by atoms with Gasteiger partial charge in [0, 0.05) is 30.9 Å². The largest absolute Gasteiger partial charge is 0.490 e. The normalized spacial score (nSPS) is 10.2. The van der Waals surface area contributed by atoms with Gasteiger partial charge in [-0.05, 0) is 56.3 Å². The van der Waals surface area contributed by atoms with Gasteiger partial charge < -0.3 is 19.7 Å². The molecule has 0 bridgehead atoms. The first-order chi connectivity index (χ1) is 12.5. The molecule has 2 amide bonds. The van der Waals surface area contributed by atoms with Crippen molar-refractivity contribution < 1.29 is 19.1 Å². The van der Waals surface area contributed by atoms with Gasteiger partial charge in [0.2, 0.25) is 0 Å². The van der Waals surface area contributed by atoms with Crippen molar-refractivity contribution in [1.82, 2.24) is 4.90 Å². The Kier molecular flexibility index (Phi) is 6.60. The number of benzene rings is 2. The quantitative estimate of drug-likeness (QED) is 0.825. The molecule has 2 aromatic rings. The number of anilines is 1. The molecular weight excluding hydrogens is 332 g/mol. The van der Waals surface area contributed by atoms with E-state index in [1.807, 2.05) is 13.8 Å². The molecule has 1 N–H and O–H groups in total. The third-order valence-corrected chi connectivity index (χ3v) is 3.60. The number of nitrogens with one attached hydrogen (secondary N) is 1. The maximum atomic E-state index is 12.5. The lowest BCUT2D eigenvalue weighted by Crippen LogP contribution is -2.21. The first-order valence-corrected chi connectivity index (χ1v) is 8.49. The summed E-state index contributed by atoms with van der Waals surface area (Å²) in [5, 5.41) is 2.81. The van der Waals surface area contributed by atoms with E-state index >= 15 is 0 Å². The van der Waals surface area contributed by atoms with Gasteiger partial charge in [-0.25, -0.2) is 0 Å². The summed E-state index contributed by atoms with van der Waals surface area (Å²) in [6, 6.07) is 11.8. The van der Waals surface area contributed by atoms with Crippen LogP contribution in [0.15, 0.2) is 42.5 Å². The minimum atomic E-state index is -0.263. The molecular formula is C20H24N2O4. The van der Waals surface area contributed by atoms with Gasteiger partial charge in [-0.1, -0.05) is 0 Å². The zero-order chi connectivity index (χ0) is 19.1. The first-order valence-electron chi connectivity index (χ1n) is 8.49. The van der Waals surface area contributed by atoms with Gasteiger partial charge >= 0.3 is 0 Å². The van der Waals surface area contributed by atoms with Gasteiger partial charge in [-0.3, -0.25) is 9.59 Å². The van der Waals surface area contributed by atoms with E-state index in [1.54, 1.807) is 56.6 Å². The lowest BCUT2D eigenvalue weighted by Gasteiger charge is -2.13. The van der Waals surface area contributed by atoms with E-state index in [0.29, 0.717) is 41.5 Å². The van der Waals surface area contributed by atoms with Crippen LogP contribution in [-0.2, 0) is 0 Å². The van der Waals surface area contributed by atoms with Crippen LogP contribution in [0.2, 0.25) is 0 Å². The van der Waals surface area contributed by atoms with Crippen LogP contribution in [0.5, 0.6) is 11.5 Å². The molecule has 2 rings (SSSR count). The Balaban J connectivity index is 2.14. The molecule has 0 saturated carbocycles. The van der Waals surface area contributed by atoms with Crippen LogP contribution in [0.3, 0.4) is 0 Å². The fourth-order valence-electron chi connectivity index (χ4n) is 2.35. The smallest absolute Gasteiger partial charge is 0.255 e. The molecule has 0 atom stereocenters. The molecule has 26 heavy (non-hydrogen) atoms. The van der Waals surface area contributed by atoms with E-state index in [1.165, 1.54) is 4.90 Å². The van der Waals surface area contributed by atoms with Crippen LogP contribution in [0.25, 0.3) is 0 Å². The molecule has 0 radical (unpaired) electrons. The van der Waals surface area contributed by atoms with Crippen molar-refractivity contribution in [2.24, 2.45) is 0 Å². The number of hydrogen-bond donors (Lipinski definition) is 1. The Morgan fingerprint density at radius 1 is 0.885 bits per heavy atom. The van der Waals surface area contributed by atoms with E-state index in [0.717, 1.165) is 0 Å². The van der Waals surface area contributed by atoms with E-state index in [9.17, 15) is 9.59 Å². The molecule has 0 aliphatic heterocycles. The number of rotatable bonds is 7. The van der Waals surface area contributed by atoms with Crippen molar-refractivity contribution in [1.29, 1.82) is 0 Å². The Morgan fingerprint density at radius 2 is 1.46 bits per heavy atom. The van der Waals surface area contributed by atoms with Gasteiger partial charge in [0.05, 0.1) is 13.2 Å². The topological polar surface area (TPSA) is 67.9 Å². The molecule has 0 aliphatic carbocycles. The monoisotopic (exact) mass is 356 g/mol. The molecule has 2 aromatic carbocycles. The summed E-state index contributed by atoms with van der Waals surface area (Å²) in [4.78, 5) is 25.9. The van der Waals surface area contributed by atoms with Crippen molar-refractivity contribution in [3.8, 4) is 11.5 Å². The molecule has 0 aliphatic rings. The third-order valence-electron chi connectivity index (χ3n) is 3.60. The predicted molar refractivity (Wildman–Crippen MR) is 101 cm³/mol. The summed E-state index contributed by atoms with van der Waals surface area (Å²) >= 11 is 0. The van der Waals surface area contributed by atoms with Gasteiger partial charge in [0.1, 0.15) is 0 Å². The van der Waals surface area contributed by atoms with E-state index in [2.05, 4.69) is 5.32 Å². The van der Waals surface area contributed by atoms with Crippen LogP contribution in [-0.4, -0.2) is 44.0 Å². The zero-order valence-electron chi connectivity index (χ0n) is 15.5. The Bertz CT molecular complexity index is 770. The second-order valence-electron chi connectivity index (χ2n) is 5.76. The molecule has 0 spiro atoms. The fourth-order valence-corrected chi connectivity index (χ4v) is 2.35. The standard InChI is InChI=1S/C20H24N2O4/c1-5-25-17-12-9-15(13-18(17)26-6-2)19(23)21-16-10-7-14(8-11-16)20(24)22(3)4/h7-13H,5-6H2,1-4H3,(H,21,23). The van der Waals surface area contributed by atoms with Gasteiger partial charge in [-0.2, -0.15) is 0 Å². The lowest BCUT2D eigenvalue weighted by molar-refractivity contribution is 0.0827. The lowest BCUT2D eigenvalue weighted by atomic mass is 10.1.